The van der Waals surface area contributed by atoms with Crippen LogP contribution in [0.25, 0.3) is 5.70 Å². The zero-order valence-electron chi connectivity index (χ0n) is 15.9. The Balaban J connectivity index is 2.04. The van der Waals surface area contributed by atoms with Gasteiger partial charge in [-0.3, -0.25) is 0 Å². The van der Waals surface area contributed by atoms with Gasteiger partial charge in [-0.2, -0.15) is 9.97 Å². The van der Waals surface area contributed by atoms with Crippen LogP contribution in [-0.4, -0.2) is 23.2 Å². The molecular formula is C21H18ClN5O3. The van der Waals surface area contributed by atoms with Gasteiger partial charge in [0.05, 0.1) is 24.3 Å². The van der Waals surface area contributed by atoms with E-state index in [1.54, 1.807) is 12.1 Å². The van der Waals surface area contributed by atoms with Crippen LogP contribution in [0.15, 0.2) is 60.4 Å². The van der Waals surface area contributed by atoms with Crippen LogP contribution in [0.5, 0.6) is 0 Å². The van der Waals surface area contributed by atoms with Gasteiger partial charge < -0.3 is 26.3 Å². The van der Waals surface area contributed by atoms with Crippen LogP contribution in [0, 0.1) is 0 Å². The lowest BCUT2D eigenvalue weighted by molar-refractivity contribution is 0.0943. The highest BCUT2D eigenvalue weighted by atomic mass is 35.5. The maximum absolute atomic E-state index is 12.1. The van der Waals surface area contributed by atoms with Gasteiger partial charge in [0.15, 0.2) is 0 Å². The summed E-state index contributed by atoms with van der Waals surface area (Å²) in [6.07, 6.45) is -0.879. The van der Waals surface area contributed by atoms with Crippen molar-refractivity contribution in [2.75, 3.05) is 23.9 Å². The fraction of sp³-hybridized carbons (Fsp3) is 0.0952. The third kappa shape index (κ3) is 3.48. The van der Waals surface area contributed by atoms with Gasteiger partial charge >= 0.3 is 6.16 Å². The van der Waals surface area contributed by atoms with Crippen molar-refractivity contribution in [2.45, 2.75) is 5.92 Å². The van der Waals surface area contributed by atoms with Gasteiger partial charge in [0.2, 0.25) is 5.95 Å². The Morgan fingerprint density at radius 1 is 1.07 bits per heavy atom. The number of anilines is 3. The van der Waals surface area contributed by atoms with E-state index in [0.29, 0.717) is 27.7 Å². The molecule has 1 unspecified atom stereocenters. The van der Waals surface area contributed by atoms with Crippen LogP contribution in [0.3, 0.4) is 0 Å². The van der Waals surface area contributed by atoms with E-state index in [4.69, 9.17) is 32.5 Å². The second-order valence-corrected chi connectivity index (χ2v) is 6.88. The molecule has 30 heavy (non-hydrogen) atoms. The Kier molecular flexibility index (Phi) is 5.16. The van der Waals surface area contributed by atoms with Crippen molar-refractivity contribution in [1.29, 1.82) is 0 Å². The van der Waals surface area contributed by atoms with Crippen molar-refractivity contribution in [3.05, 3.63) is 82.1 Å². The first kappa shape index (κ1) is 19.5. The number of hydrogen-bond acceptors (Lipinski definition) is 8. The number of rotatable bonds is 3. The molecule has 9 heteroatoms. The topological polar surface area (TPSA) is 125 Å². The average molecular weight is 424 g/mol. The molecule has 1 aliphatic heterocycles. The van der Waals surface area contributed by atoms with Gasteiger partial charge in [-0.1, -0.05) is 60.1 Å². The summed E-state index contributed by atoms with van der Waals surface area (Å²) in [5, 5.41) is 3.65. The quantitative estimate of drug-likeness (QED) is 0.539. The third-order valence-electron chi connectivity index (χ3n) is 4.67. The van der Waals surface area contributed by atoms with Crippen LogP contribution in [-0.2, 0) is 9.47 Å². The number of nitrogen functional groups attached to an aromatic ring is 2. The highest BCUT2D eigenvalue weighted by Crippen LogP contribution is 2.47. The van der Waals surface area contributed by atoms with Crippen molar-refractivity contribution < 1.29 is 14.3 Å². The zero-order chi connectivity index (χ0) is 21.3. The summed E-state index contributed by atoms with van der Waals surface area (Å²) in [6.45, 7) is 0. The third-order valence-corrected chi connectivity index (χ3v) is 5.02. The summed E-state index contributed by atoms with van der Waals surface area (Å²) in [7, 11) is 1.23. The smallest absolute Gasteiger partial charge is 0.437 e. The summed E-state index contributed by atoms with van der Waals surface area (Å²) in [5.74, 6) is 0.147. The highest BCUT2D eigenvalue weighted by Gasteiger charge is 2.37. The molecule has 2 aromatic carbocycles. The monoisotopic (exact) mass is 423 g/mol. The SMILES string of the molecule is COC(=O)OC1=C(c2ccccc2)Nc2nc(N)nc(N)c2C1c1ccccc1Cl. The van der Waals surface area contributed by atoms with Gasteiger partial charge in [0, 0.05) is 10.6 Å². The Morgan fingerprint density at radius 3 is 2.47 bits per heavy atom. The largest absolute Gasteiger partial charge is 0.513 e. The number of carbonyl (C=O) groups is 1. The van der Waals surface area contributed by atoms with Gasteiger partial charge in [-0.15, -0.1) is 0 Å². The summed E-state index contributed by atoms with van der Waals surface area (Å²) in [5.41, 5.74) is 14.5. The van der Waals surface area contributed by atoms with Gasteiger partial charge in [-0.25, -0.2) is 4.79 Å². The zero-order valence-corrected chi connectivity index (χ0v) is 16.7. The number of allylic oxidation sites excluding steroid dienone is 1. The Hall–Kier alpha value is -3.78. The van der Waals surface area contributed by atoms with Crippen LogP contribution in [0.2, 0.25) is 5.02 Å². The van der Waals surface area contributed by atoms with E-state index >= 15 is 0 Å². The molecule has 0 saturated heterocycles. The predicted molar refractivity (Wildman–Crippen MR) is 115 cm³/mol. The number of hydrogen-bond donors (Lipinski definition) is 3. The minimum absolute atomic E-state index is 0.0152. The Labute approximate surface area is 177 Å². The molecule has 152 valence electrons. The van der Waals surface area contributed by atoms with E-state index in [2.05, 4.69) is 15.3 Å². The lowest BCUT2D eigenvalue weighted by Crippen LogP contribution is -2.25. The second-order valence-electron chi connectivity index (χ2n) is 6.47. The molecular weight excluding hydrogens is 406 g/mol. The molecule has 0 radical (unpaired) electrons. The van der Waals surface area contributed by atoms with Crippen molar-refractivity contribution in [1.82, 2.24) is 9.97 Å². The van der Waals surface area contributed by atoms with Gasteiger partial charge in [0.1, 0.15) is 17.4 Å². The van der Waals surface area contributed by atoms with Gasteiger partial charge in [-0.05, 0) is 11.6 Å². The molecule has 0 spiro atoms. The Bertz CT molecular complexity index is 1150. The van der Waals surface area contributed by atoms with E-state index in [-0.39, 0.29) is 17.5 Å². The maximum Gasteiger partial charge on any atom is 0.513 e. The molecule has 0 bridgehead atoms. The van der Waals surface area contributed by atoms with Crippen molar-refractivity contribution in [3.63, 3.8) is 0 Å². The number of nitrogens with zero attached hydrogens (tertiary/aromatic N) is 2. The van der Waals surface area contributed by atoms with Crippen molar-refractivity contribution >= 4 is 41.0 Å². The number of halogens is 1. The van der Waals surface area contributed by atoms with Crippen LogP contribution in [0.1, 0.15) is 22.6 Å². The number of ether oxygens (including phenoxy) is 2. The molecule has 5 N–H and O–H groups in total. The molecule has 0 aliphatic carbocycles. The lowest BCUT2D eigenvalue weighted by Gasteiger charge is -2.31. The number of carbonyl (C=O) groups excluding carboxylic acids is 1. The first-order valence-electron chi connectivity index (χ1n) is 8.99. The Morgan fingerprint density at radius 2 is 1.77 bits per heavy atom. The molecule has 0 fully saturated rings. The van der Waals surface area contributed by atoms with E-state index in [1.165, 1.54) is 7.11 Å². The molecule has 8 nitrogen and oxygen atoms in total. The average Bonchev–Trinajstić information content (AvgIpc) is 2.74. The second kappa shape index (κ2) is 7.92. The molecule has 2 heterocycles. The lowest BCUT2D eigenvalue weighted by atomic mass is 9.85. The van der Waals surface area contributed by atoms with E-state index in [0.717, 1.165) is 5.56 Å². The highest BCUT2D eigenvalue weighted by molar-refractivity contribution is 6.31. The number of fused-ring (bicyclic) bond motifs is 1. The first-order chi connectivity index (χ1) is 14.5. The van der Waals surface area contributed by atoms with Crippen LogP contribution < -0.4 is 16.8 Å². The van der Waals surface area contributed by atoms with Gasteiger partial charge in [0.25, 0.3) is 0 Å². The fourth-order valence-corrected chi connectivity index (χ4v) is 3.65. The minimum Gasteiger partial charge on any atom is -0.437 e. The molecule has 1 aliphatic rings. The van der Waals surface area contributed by atoms with Crippen molar-refractivity contribution in [2.24, 2.45) is 0 Å². The molecule has 3 aromatic rings. The number of nitrogens with two attached hydrogens (primary N) is 2. The fourth-order valence-electron chi connectivity index (χ4n) is 3.41. The number of aromatic nitrogens is 2. The van der Waals surface area contributed by atoms with Crippen molar-refractivity contribution in [3.8, 4) is 0 Å². The standard InChI is InChI=1S/C21H18ClN5O3/c1-29-21(28)30-17-14(12-9-5-6-10-13(12)22)15-18(23)26-20(24)27-19(15)25-16(17)11-7-3-2-4-8-11/h2-10,14H,1H3,(H5,23,24,25,26,27). The minimum atomic E-state index is -0.879. The van der Waals surface area contributed by atoms with Crippen LogP contribution in [0.4, 0.5) is 22.4 Å². The summed E-state index contributed by atoms with van der Waals surface area (Å²) in [6, 6.07) is 16.5. The molecule has 1 atom stereocenters. The van der Waals surface area contributed by atoms with E-state index < -0.39 is 12.1 Å². The number of nitrogens with one attached hydrogen (secondary N) is 1. The molecule has 4 rings (SSSR count). The summed E-state index contributed by atoms with van der Waals surface area (Å²) in [4.78, 5) is 20.6. The predicted octanol–water partition coefficient (Wildman–Crippen LogP) is 4.00. The summed E-state index contributed by atoms with van der Waals surface area (Å²) >= 11 is 6.52. The van der Waals surface area contributed by atoms with E-state index in [1.807, 2.05) is 42.5 Å². The van der Waals surface area contributed by atoms with Crippen LogP contribution >= 0.6 is 11.6 Å². The molecule has 0 amide bonds. The number of benzene rings is 2. The molecule has 1 aromatic heterocycles. The van der Waals surface area contributed by atoms with E-state index in [9.17, 15) is 4.79 Å². The normalized spacial score (nSPS) is 15.2. The number of methoxy groups -OCH3 is 1. The summed E-state index contributed by atoms with van der Waals surface area (Å²) < 4.78 is 10.4. The first-order valence-corrected chi connectivity index (χ1v) is 9.37. The maximum atomic E-state index is 12.1. The molecule has 0 saturated carbocycles.